The van der Waals surface area contributed by atoms with Crippen molar-refractivity contribution in [3.8, 4) is 0 Å². The molecule has 592 valence electrons. The molecule has 5 atom stereocenters. The smallest absolute Gasteiger partial charge is 0.462 e. The Morgan fingerprint density at radius 1 is 0.279 bits per heavy atom. The minimum absolute atomic E-state index is 0.0704. The molecule has 0 aliphatic carbocycles. The second kappa shape index (κ2) is 75.9. The Morgan fingerprint density at radius 3 is 0.788 bits per heavy atom. The zero-order valence-electron chi connectivity index (χ0n) is 64.6. The molecule has 0 saturated carbocycles. The third-order valence-electron chi connectivity index (χ3n) is 16.0. The van der Waals surface area contributed by atoms with Crippen LogP contribution in [0.15, 0.2) is 158 Å². The highest BCUT2D eigenvalue weighted by Crippen LogP contribution is 2.45. The molecule has 0 rings (SSSR count). The van der Waals surface area contributed by atoms with Gasteiger partial charge in [-0.2, -0.15) is 0 Å². The summed E-state index contributed by atoms with van der Waals surface area (Å²) in [4.78, 5) is 73.0. The van der Waals surface area contributed by atoms with Crippen LogP contribution in [0, 0.1) is 0 Å². The molecule has 0 bridgehead atoms. The summed E-state index contributed by atoms with van der Waals surface area (Å²) >= 11 is 0. The van der Waals surface area contributed by atoms with Crippen LogP contribution in [-0.2, 0) is 65.4 Å². The molecule has 0 amide bonds. The monoisotopic (exact) mass is 1490 g/mol. The van der Waals surface area contributed by atoms with E-state index >= 15 is 0 Å². The van der Waals surface area contributed by atoms with Gasteiger partial charge in [-0.3, -0.25) is 37.3 Å². The summed E-state index contributed by atoms with van der Waals surface area (Å²) in [5.41, 5.74) is 0. The summed E-state index contributed by atoms with van der Waals surface area (Å²) in [6.07, 6.45) is 88.0. The van der Waals surface area contributed by atoms with Gasteiger partial charge in [0.25, 0.3) is 0 Å². The van der Waals surface area contributed by atoms with Crippen LogP contribution in [-0.4, -0.2) is 96.7 Å². The fraction of sp³-hybridized carbons (Fsp3) is 0.647. The maximum Gasteiger partial charge on any atom is 0.472 e. The van der Waals surface area contributed by atoms with Gasteiger partial charge in [-0.05, 0) is 161 Å². The molecule has 0 fully saturated rings. The second-order valence-corrected chi connectivity index (χ2v) is 28.8. The summed E-state index contributed by atoms with van der Waals surface area (Å²) in [5.74, 6) is -2.27. The topological polar surface area (TPSA) is 237 Å². The SMILES string of the molecule is CC/C=C\C/C=C\C/C=C\C/C=C\C/C=C\CCCCCC(=O)OCC(COP(=O)(O)OCC(O)COP(=O)(O)OCC(COC(=O)CCCCCC/C=C\C/C=C\C/C=C\C/C=C\CC)OC(=O)CCCCCCC/C=C\CCCC)OC(=O)CCCCCCCCC/C=C\C/C=C\C/C=C\CC. The van der Waals surface area contributed by atoms with E-state index in [0.29, 0.717) is 25.7 Å². The summed E-state index contributed by atoms with van der Waals surface area (Å²) < 4.78 is 68.5. The predicted molar refractivity (Wildman–Crippen MR) is 427 cm³/mol. The van der Waals surface area contributed by atoms with E-state index in [1.807, 2.05) is 0 Å². The molecule has 0 aromatic heterocycles. The van der Waals surface area contributed by atoms with Crippen LogP contribution in [0.1, 0.15) is 297 Å². The van der Waals surface area contributed by atoms with Crippen LogP contribution in [0.5, 0.6) is 0 Å². The van der Waals surface area contributed by atoms with Crippen molar-refractivity contribution in [1.82, 2.24) is 0 Å². The number of phosphoric acid groups is 2. The number of hydrogen-bond donors (Lipinski definition) is 3. The van der Waals surface area contributed by atoms with E-state index in [1.54, 1.807) is 0 Å². The molecule has 17 nitrogen and oxygen atoms in total. The van der Waals surface area contributed by atoms with Crippen molar-refractivity contribution in [2.45, 2.75) is 316 Å². The Balaban J connectivity index is 5.41. The zero-order chi connectivity index (χ0) is 76.0. The number of esters is 4. The van der Waals surface area contributed by atoms with E-state index in [1.165, 1.54) is 12.8 Å². The lowest BCUT2D eigenvalue weighted by atomic mass is 10.1. The lowest BCUT2D eigenvalue weighted by molar-refractivity contribution is -0.161. The minimum Gasteiger partial charge on any atom is -0.462 e. The quantitative estimate of drug-likeness (QED) is 0.0169. The fourth-order valence-corrected chi connectivity index (χ4v) is 11.6. The van der Waals surface area contributed by atoms with E-state index in [-0.39, 0.29) is 25.7 Å². The van der Waals surface area contributed by atoms with Crippen LogP contribution in [0.2, 0.25) is 0 Å². The van der Waals surface area contributed by atoms with Crippen molar-refractivity contribution in [1.29, 1.82) is 0 Å². The normalized spacial score (nSPS) is 14.7. The minimum atomic E-state index is -5.00. The standard InChI is InChI=1S/C85H140O17P2/c1-5-9-13-17-21-25-29-32-35-38-39-42-44-47-51-54-58-62-66-70-83(88)96-76-81(102-85(90)72-68-64-60-56-52-48-45-41-37-34-31-27-23-19-15-11-7-3)78-100-104(93,94)98-74-79(86)73-97-103(91,92)99-77-80(101-84(89)71-67-63-59-55-49-28-24-20-16-12-8-4)75-95-82(87)69-65-61-57-53-50-46-43-40-36-33-30-26-22-18-14-10-6-2/h9-11,13-15,20-27,32-37,39,42-43,46-47,51,79-81,86H,5-8,12,16-19,28-31,38,40-41,44-45,48-50,52-78H2,1-4H3,(H,91,92)(H,93,94)/b13-9-,14-10-,15-11-,24-20-,25-21-,26-22-,27-23-,35-32-,36-33-,37-34-,42-39-,46-43-,51-47-. The molecule has 0 aromatic rings. The van der Waals surface area contributed by atoms with E-state index in [2.05, 4.69) is 186 Å². The third kappa shape index (κ3) is 74.9. The molecule has 0 aliphatic rings. The average Bonchev–Trinajstić information content (AvgIpc) is 0.931. The van der Waals surface area contributed by atoms with Crippen LogP contribution in [0.4, 0.5) is 0 Å². The number of aliphatic hydroxyl groups is 1. The number of carbonyl (C=O) groups excluding carboxylic acids is 4. The van der Waals surface area contributed by atoms with Crippen LogP contribution in [0.3, 0.4) is 0 Å². The van der Waals surface area contributed by atoms with Gasteiger partial charge in [-0.15, -0.1) is 0 Å². The van der Waals surface area contributed by atoms with Gasteiger partial charge in [0.1, 0.15) is 19.3 Å². The van der Waals surface area contributed by atoms with Gasteiger partial charge < -0.3 is 33.8 Å². The van der Waals surface area contributed by atoms with Gasteiger partial charge in [0.05, 0.1) is 26.4 Å². The van der Waals surface area contributed by atoms with E-state index < -0.39 is 97.5 Å². The number of carbonyl (C=O) groups is 4. The molecule has 0 heterocycles. The Hall–Kier alpha value is -5.32. The van der Waals surface area contributed by atoms with Crippen molar-refractivity contribution in [3.05, 3.63) is 158 Å². The Morgan fingerprint density at radius 2 is 0.500 bits per heavy atom. The summed E-state index contributed by atoms with van der Waals surface area (Å²) in [7, 11) is -9.99. The van der Waals surface area contributed by atoms with E-state index in [9.17, 15) is 43.2 Å². The molecule has 3 N–H and O–H groups in total. The summed E-state index contributed by atoms with van der Waals surface area (Å²) in [5, 5.41) is 10.6. The highest BCUT2D eigenvalue weighted by atomic mass is 31.2. The van der Waals surface area contributed by atoms with E-state index in [0.717, 1.165) is 205 Å². The molecule has 0 aliphatic heterocycles. The molecule has 0 spiro atoms. The summed E-state index contributed by atoms with van der Waals surface area (Å²) in [6, 6.07) is 0. The first kappa shape index (κ1) is 98.7. The molecular formula is C85H140O17P2. The Kier molecular flexibility index (Phi) is 72.0. The Labute approximate surface area is 629 Å². The first-order valence-electron chi connectivity index (χ1n) is 39.7. The van der Waals surface area contributed by atoms with Crippen molar-refractivity contribution in [2.24, 2.45) is 0 Å². The Bertz CT molecular complexity index is 2590. The molecule has 104 heavy (non-hydrogen) atoms. The molecule has 0 radical (unpaired) electrons. The molecule has 5 unspecified atom stereocenters. The van der Waals surface area contributed by atoms with Crippen LogP contribution < -0.4 is 0 Å². The highest BCUT2D eigenvalue weighted by Gasteiger charge is 2.30. The number of ether oxygens (including phenoxy) is 4. The van der Waals surface area contributed by atoms with Crippen LogP contribution in [0.25, 0.3) is 0 Å². The third-order valence-corrected chi connectivity index (χ3v) is 17.9. The number of phosphoric ester groups is 2. The fourth-order valence-electron chi connectivity index (χ4n) is 10.00. The molecule has 19 heteroatoms. The van der Waals surface area contributed by atoms with Gasteiger partial charge in [-0.25, -0.2) is 9.13 Å². The largest absolute Gasteiger partial charge is 0.472 e. The predicted octanol–water partition coefficient (Wildman–Crippen LogP) is 23.2. The number of allylic oxidation sites excluding steroid dienone is 26. The van der Waals surface area contributed by atoms with E-state index in [4.69, 9.17) is 37.0 Å². The highest BCUT2D eigenvalue weighted by molar-refractivity contribution is 7.47. The molecular weight excluding hydrogens is 1350 g/mol. The maximum atomic E-state index is 13.1. The van der Waals surface area contributed by atoms with Gasteiger partial charge in [0.2, 0.25) is 0 Å². The number of rotatable bonds is 73. The van der Waals surface area contributed by atoms with Gasteiger partial charge in [0, 0.05) is 25.7 Å². The average molecular weight is 1500 g/mol. The second-order valence-electron chi connectivity index (χ2n) is 25.9. The van der Waals surface area contributed by atoms with Gasteiger partial charge in [0.15, 0.2) is 12.2 Å². The maximum absolute atomic E-state index is 13.1. The molecule has 0 aromatic carbocycles. The van der Waals surface area contributed by atoms with Crippen molar-refractivity contribution in [3.63, 3.8) is 0 Å². The summed E-state index contributed by atoms with van der Waals surface area (Å²) in [6.45, 7) is 4.40. The number of hydrogen-bond acceptors (Lipinski definition) is 15. The number of unbranched alkanes of at least 4 members (excludes halogenated alkanes) is 21. The van der Waals surface area contributed by atoms with Crippen LogP contribution >= 0.6 is 15.6 Å². The first-order valence-corrected chi connectivity index (χ1v) is 42.7. The number of aliphatic hydroxyl groups excluding tert-OH is 1. The van der Waals surface area contributed by atoms with Gasteiger partial charge in [-0.1, -0.05) is 269 Å². The molecule has 0 saturated heterocycles. The lowest BCUT2D eigenvalue weighted by Crippen LogP contribution is -2.30. The van der Waals surface area contributed by atoms with Crippen molar-refractivity contribution in [2.75, 3.05) is 39.6 Å². The van der Waals surface area contributed by atoms with Crippen molar-refractivity contribution >= 4 is 39.5 Å². The first-order chi connectivity index (χ1) is 50.7. The lowest BCUT2D eigenvalue weighted by Gasteiger charge is -2.21. The van der Waals surface area contributed by atoms with Crippen molar-refractivity contribution < 1.29 is 80.2 Å². The zero-order valence-corrected chi connectivity index (χ0v) is 66.4. The van der Waals surface area contributed by atoms with Gasteiger partial charge >= 0.3 is 39.5 Å².